The van der Waals surface area contributed by atoms with E-state index in [1.54, 1.807) is 0 Å². The van der Waals surface area contributed by atoms with Gasteiger partial charge in [0, 0.05) is 24.4 Å². The molecule has 0 radical (unpaired) electrons. The fourth-order valence-corrected chi connectivity index (χ4v) is 4.96. The third-order valence-corrected chi connectivity index (χ3v) is 6.20. The third kappa shape index (κ3) is 2.38. The van der Waals surface area contributed by atoms with Gasteiger partial charge in [-0.05, 0) is 42.1 Å². The lowest BCUT2D eigenvalue weighted by molar-refractivity contribution is -0.128. The van der Waals surface area contributed by atoms with Crippen LogP contribution in [-0.2, 0) is 4.79 Å². The SMILES string of the molecule is CCC(=O)[C@H]1[C@@H](c2ccc3ccccc3c2)CC2CC(O)[C@@H]1N2C. The number of aliphatic hydroxyl groups excluding tert-OH is 1. The summed E-state index contributed by atoms with van der Waals surface area (Å²) in [6.45, 7) is 1.94. The molecule has 2 aliphatic rings. The van der Waals surface area contributed by atoms with Gasteiger partial charge in [-0.25, -0.2) is 0 Å². The Kier molecular flexibility index (Phi) is 3.93. The highest BCUT2D eigenvalue weighted by atomic mass is 16.3. The monoisotopic (exact) mass is 323 g/mol. The number of nitrogens with zero attached hydrogens (tertiary/aromatic N) is 1. The lowest BCUT2D eigenvalue weighted by Crippen LogP contribution is -2.51. The van der Waals surface area contributed by atoms with E-state index in [1.165, 1.54) is 16.3 Å². The molecule has 0 aromatic heterocycles. The molecule has 2 bridgehead atoms. The van der Waals surface area contributed by atoms with Gasteiger partial charge in [-0.2, -0.15) is 0 Å². The number of rotatable bonds is 3. The summed E-state index contributed by atoms with van der Waals surface area (Å²) < 4.78 is 0. The highest BCUT2D eigenvalue weighted by molar-refractivity contribution is 5.85. The topological polar surface area (TPSA) is 40.5 Å². The Morgan fingerprint density at radius 2 is 1.92 bits per heavy atom. The van der Waals surface area contributed by atoms with Crippen LogP contribution >= 0.6 is 0 Å². The predicted molar refractivity (Wildman–Crippen MR) is 96.1 cm³/mol. The lowest BCUT2D eigenvalue weighted by atomic mass is 9.73. The van der Waals surface area contributed by atoms with Crippen LogP contribution in [0, 0.1) is 5.92 Å². The maximum atomic E-state index is 12.8. The Balaban J connectivity index is 1.78. The molecule has 1 N–H and O–H groups in total. The van der Waals surface area contributed by atoms with Gasteiger partial charge in [-0.15, -0.1) is 0 Å². The summed E-state index contributed by atoms with van der Waals surface area (Å²) in [6.07, 6.45) is 1.90. The standard InChI is InChI=1S/C21H25NO2/c1-3-18(23)20-17(11-16-12-19(24)21(20)22(16)2)15-9-8-13-6-4-5-7-14(13)10-15/h4-10,16-17,19-21,24H,3,11-12H2,1-2H3/t16?,17-,19?,20-,21+/m1/s1. The molecule has 2 aromatic carbocycles. The minimum Gasteiger partial charge on any atom is -0.391 e. The zero-order valence-electron chi connectivity index (χ0n) is 14.4. The van der Waals surface area contributed by atoms with Crippen molar-refractivity contribution in [3.8, 4) is 0 Å². The van der Waals surface area contributed by atoms with E-state index < -0.39 is 0 Å². The molecular weight excluding hydrogens is 298 g/mol. The van der Waals surface area contributed by atoms with Gasteiger partial charge in [0.25, 0.3) is 0 Å². The van der Waals surface area contributed by atoms with Crippen molar-refractivity contribution in [1.82, 2.24) is 4.90 Å². The molecule has 2 aliphatic heterocycles. The number of carbonyl (C=O) groups excluding carboxylic acids is 1. The number of piperidine rings is 1. The summed E-state index contributed by atoms with van der Waals surface area (Å²) in [4.78, 5) is 15.0. The first-order chi connectivity index (χ1) is 11.6. The van der Waals surface area contributed by atoms with E-state index >= 15 is 0 Å². The van der Waals surface area contributed by atoms with Crippen LogP contribution < -0.4 is 0 Å². The average Bonchev–Trinajstić information content (AvgIpc) is 2.79. The van der Waals surface area contributed by atoms with E-state index in [4.69, 9.17) is 0 Å². The van der Waals surface area contributed by atoms with Gasteiger partial charge in [0.15, 0.2) is 0 Å². The van der Waals surface area contributed by atoms with Gasteiger partial charge >= 0.3 is 0 Å². The number of ketones is 1. The van der Waals surface area contributed by atoms with E-state index in [1.807, 2.05) is 6.92 Å². The maximum absolute atomic E-state index is 12.8. The first-order valence-corrected chi connectivity index (χ1v) is 9.01. The summed E-state index contributed by atoms with van der Waals surface area (Å²) in [7, 11) is 2.07. The number of Topliss-reactive ketones (excluding diaryl/α,β-unsaturated/α-hetero) is 1. The maximum Gasteiger partial charge on any atom is 0.137 e. The molecule has 2 saturated heterocycles. The molecule has 2 heterocycles. The van der Waals surface area contributed by atoms with Crippen LogP contribution in [0.5, 0.6) is 0 Å². The van der Waals surface area contributed by atoms with Crippen LogP contribution in [0.1, 0.15) is 37.7 Å². The molecule has 4 rings (SSSR count). The zero-order valence-corrected chi connectivity index (χ0v) is 14.4. The first-order valence-electron chi connectivity index (χ1n) is 9.01. The molecule has 5 atom stereocenters. The Bertz CT molecular complexity index is 771. The van der Waals surface area contributed by atoms with Gasteiger partial charge in [0.05, 0.1) is 6.10 Å². The lowest BCUT2D eigenvalue weighted by Gasteiger charge is -2.43. The van der Waals surface area contributed by atoms with Crippen LogP contribution in [0.4, 0.5) is 0 Å². The third-order valence-electron chi connectivity index (χ3n) is 6.20. The zero-order chi connectivity index (χ0) is 16.8. The van der Waals surface area contributed by atoms with Crippen molar-refractivity contribution in [2.45, 2.75) is 50.3 Å². The quantitative estimate of drug-likeness (QED) is 0.941. The first kappa shape index (κ1) is 15.8. The van der Waals surface area contributed by atoms with Crippen molar-refractivity contribution >= 4 is 16.6 Å². The fraction of sp³-hybridized carbons (Fsp3) is 0.476. The second-order valence-electron chi connectivity index (χ2n) is 7.41. The molecule has 126 valence electrons. The van der Waals surface area contributed by atoms with Gasteiger partial charge in [-0.1, -0.05) is 49.4 Å². The molecule has 2 unspecified atom stereocenters. The number of fused-ring (bicyclic) bond motifs is 3. The average molecular weight is 323 g/mol. The molecule has 3 nitrogen and oxygen atoms in total. The molecule has 0 spiro atoms. The molecule has 2 fully saturated rings. The van der Waals surface area contributed by atoms with E-state index in [0.29, 0.717) is 12.5 Å². The summed E-state index contributed by atoms with van der Waals surface area (Å²) in [5.41, 5.74) is 1.25. The van der Waals surface area contributed by atoms with Crippen LogP contribution in [0.25, 0.3) is 10.8 Å². The Hall–Kier alpha value is -1.71. The normalized spacial score (nSPS) is 33.0. The van der Waals surface area contributed by atoms with Crippen molar-refractivity contribution in [2.75, 3.05) is 7.05 Å². The van der Waals surface area contributed by atoms with Gasteiger partial charge in [0.1, 0.15) is 5.78 Å². The largest absolute Gasteiger partial charge is 0.391 e. The van der Waals surface area contributed by atoms with Crippen molar-refractivity contribution in [1.29, 1.82) is 0 Å². The van der Waals surface area contributed by atoms with E-state index in [2.05, 4.69) is 54.4 Å². The fourth-order valence-electron chi connectivity index (χ4n) is 4.96. The van der Waals surface area contributed by atoms with Crippen LogP contribution in [0.15, 0.2) is 42.5 Å². The molecule has 0 amide bonds. The molecule has 24 heavy (non-hydrogen) atoms. The van der Waals surface area contributed by atoms with Gasteiger partial charge < -0.3 is 5.11 Å². The van der Waals surface area contributed by atoms with E-state index in [9.17, 15) is 9.90 Å². The number of carbonyl (C=O) groups is 1. The molecule has 3 heteroatoms. The highest BCUT2D eigenvalue weighted by Crippen LogP contribution is 2.47. The number of hydrogen-bond donors (Lipinski definition) is 1. The minimum absolute atomic E-state index is 0.0346. The molecule has 0 saturated carbocycles. The van der Waals surface area contributed by atoms with Crippen LogP contribution in [0.2, 0.25) is 0 Å². The molecule has 2 aromatic rings. The Morgan fingerprint density at radius 1 is 1.17 bits per heavy atom. The summed E-state index contributed by atoms with van der Waals surface area (Å²) in [6, 6.07) is 15.3. The summed E-state index contributed by atoms with van der Waals surface area (Å²) in [5.74, 6) is 0.393. The summed E-state index contributed by atoms with van der Waals surface area (Å²) >= 11 is 0. The smallest absolute Gasteiger partial charge is 0.137 e. The number of benzene rings is 2. The Labute approximate surface area is 143 Å². The van der Waals surface area contributed by atoms with Crippen molar-refractivity contribution in [3.63, 3.8) is 0 Å². The highest BCUT2D eigenvalue weighted by Gasteiger charge is 2.52. The van der Waals surface area contributed by atoms with E-state index in [-0.39, 0.29) is 29.8 Å². The second kappa shape index (κ2) is 5.98. The molecule has 0 aliphatic carbocycles. The number of aliphatic hydroxyl groups is 1. The number of hydrogen-bond acceptors (Lipinski definition) is 3. The predicted octanol–water partition coefficient (Wildman–Crippen LogP) is 3.36. The van der Waals surface area contributed by atoms with Crippen molar-refractivity contribution < 1.29 is 9.90 Å². The second-order valence-corrected chi connectivity index (χ2v) is 7.41. The van der Waals surface area contributed by atoms with Gasteiger partial charge in [-0.3, -0.25) is 9.69 Å². The Morgan fingerprint density at radius 3 is 2.67 bits per heavy atom. The van der Waals surface area contributed by atoms with Gasteiger partial charge in [0.2, 0.25) is 0 Å². The van der Waals surface area contributed by atoms with Crippen LogP contribution in [0.3, 0.4) is 0 Å². The van der Waals surface area contributed by atoms with E-state index in [0.717, 1.165) is 12.8 Å². The number of likely N-dealkylation sites (N-methyl/N-ethyl adjacent to an activating group) is 1. The molecular formula is C21H25NO2. The minimum atomic E-state index is -0.383. The van der Waals surface area contributed by atoms with Crippen LogP contribution in [-0.4, -0.2) is 41.0 Å². The van der Waals surface area contributed by atoms with Crippen molar-refractivity contribution in [3.05, 3.63) is 48.0 Å². The van der Waals surface area contributed by atoms with Crippen molar-refractivity contribution in [2.24, 2.45) is 5.92 Å². The summed E-state index contributed by atoms with van der Waals surface area (Å²) in [5, 5.41) is 13.0.